The van der Waals surface area contributed by atoms with Gasteiger partial charge < -0.3 is 10.4 Å². The number of aliphatic hydroxyl groups is 1. The summed E-state index contributed by atoms with van der Waals surface area (Å²) in [6.45, 7) is 7.23. The summed E-state index contributed by atoms with van der Waals surface area (Å²) in [6.07, 6.45) is 1.72. The van der Waals surface area contributed by atoms with Gasteiger partial charge in [0, 0.05) is 18.7 Å². The fourth-order valence-corrected chi connectivity index (χ4v) is 1.91. The van der Waals surface area contributed by atoms with Crippen LogP contribution in [0, 0.1) is 18.3 Å². The lowest BCUT2D eigenvalue weighted by molar-refractivity contribution is 0.214. The molecule has 18 heavy (non-hydrogen) atoms. The fraction of sp³-hybridized carbons (Fsp3) is 0.533. The Morgan fingerprint density at radius 3 is 2.67 bits per heavy atom. The van der Waals surface area contributed by atoms with Crippen molar-refractivity contribution in [1.82, 2.24) is 5.32 Å². The number of aliphatic hydroxyl groups excluding tert-OH is 1. The number of nitrogens with one attached hydrogen (secondary N) is 1. The lowest BCUT2D eigenvalue weighted by Gasteiger charge is -2.29. The second-order valence-corrected chi connectivity index (χ2v) is 4.99. The van der Waals surface area contributed by atoms with Crippen LogP contribution in [0.1, 0.15) is 43.4 Å². The van der Waals surface area contributed by atoms with E-state index in [1.807, 2.05) is 25.1 Å². The Hall–Kier alpha value is -1.37. The average Bonchev–Trinajstić information content (AvgIpc) is 2.37. The lowest BCUT2D eigenvalue weighted by Crippen LogP contribution is -2.42. The molecule has 98 valence electrons. The molecule has 0 saturated carbocycles. The van der Waals surface area contributed by atoms with E-state index >= 15 is 0 Å². The summed E-state index contributed by atoms with van der Waals surface area (Å²) in [6, 6.07) is 7.90. The first-order valence-electron chi connectivity index (χ1n) is 6.40. The molecular formula is C15H22N2O. The molecule has 0 radical (unpaired) electrons. The normalized spacial score (nSPS) is 13.9. The summed E-state index contributed by atoms with van der Waals surface area (Å²) in [5.74, 6) is 0. The molecule has 0 spiro atoms. The third kappa shape index (κ3) is 3.83. The van der Waals surface area contributed by atoms with Gasteiger partial charge in [-0.15, -0.1) is 0 Å². The highest BCUT2D eigenvalue weighted by Crippen LogP contribution is 2.17. The van der Waals surface area contributed by atoms with Crippen molar-refractivity contribution in [2.45, 2.75) is 45.7 Å². The Morgan fingerprint density at radius 2 is 2.17 bits per heavy atom. The highest BCUT2D eigenvalue weighted by molar-refractivity contribution is 5.37. The second-order valence-electron chi connectivity index (χ2n) is 4.99. The van der Waals surface area contributed by atoms with E-state index in [0.29, 0.717) is 5.56 Å². The molecular weight excluding hydrogens is 224 g/mol. The van der Waals surface area contributed by atoms with Gasteiger partial charge >= 0.3 is 0 Å². The van der Waals surface area contributed by atoms with Crippen molar-refractivity contribution in [3.63, 3.8) is 0 Å². The summed E-state index contributed by atoms with van der Waals surface area (Å²) in [7, 11) is 0. The smallest absolute Gasteiger partial charge is 0.0991 e. The number of hydrogen-bond donors (Lipinski definition) is 2. The van der Waals surface area contributed by atoms with Crippen molar-refractivity contribution in [3.8, 4) is 6.07 Å². The Bertz CT molecular complexity index is 437. The molecule has 0 amide bonds. The van der Waals surface area contributed by atoms with E-state index in [1.165, 1.54) is 5.56 Å². The monoisotopic (exact) mass is 246 g/mol. The molecule has 0 aromatic heterocycles. The summed E-state index contributed by atoms with van der Waals surface area (Å²) >= 11 is 0. The van der Waals surface area contributed by atoms with E-state index < -0.39 is 0 Å². The van der Waals surface area contributed by atoms with E-state index in [4.69, 9.17) is 10.4 Å². The van der Waals surface area contributed by atoms with Crippen LogP contribution in [0.3, 0.4) is 0 Å². The molecule has 1 aromatic carbocycles. The molecule has 0 heterocycles. The van der Waals surface area contributed by atoms with Crippen molar-refractivity contribution in [1.29, 1.82) is 5.26 Å². The zero-order chi connectivity index (χ0) is 13.6. The third-order valence-electron chi connectivity index (χ3n) is 3.62. The minimum atomic E-state index is -0.0326. The van der Waals surface area contributed by atoms with Crippen LogP contribution >= 0.6 is 0 Å². The minimum absolute atomic E-state index is 0.0326. The Labute approximate surface area is 109 Å². The summed E-state index contributed by atoms with van der Waals surface area (Å²) in [5.41, 5.74) is 3.00. The van der Waals surface area contributed by atoms with Gasteiger partial charge in [-0.2, -0.15) is 5.26 Å². The van der Waals surface area contributed by atoms with Gasteiger partial charge in [0.2, 0.25) is 0 Å². The van der Waals surface area contributed by atoms with Gasteiger partial charge in [-0.1, -0.05) is 13.0 Å². The van der Waals surface area contributed by atoms with Crippen LogP contribution in [0.2, 0.25) is 0 Å². The van der Waals surface area contributed by atoms with Gasteiger partial charge in [0.15, 0.2) is 0 Å². The molecule has 1 rings (SSSR count). The lowest BCUT2D eigenvalue weighted by atomic mass is 9.94. The van der Waals surface area contributed by atoms with Crippen molar-refractivity contribution in [2.75, 3.05) is 6.61 Å². The highest BCUT2D eigenvalue weighted by Gasteiger charge is 2.20. The Kier molecular flexibility index (Phi) is 5.33. The molecule has 0 bridgehead atoms. The average molecular weight is 246 g/mol. The van der Waals surface area contributed by atoms with E-state index in [2.05, 4.69) is 25.2 Å². The molecule has 0 aliphatic heterocycles. The molecule has 0 aliphatic carbocycles. The molecule has 2 N–H and O–H groups in total. The fourth-order valence-electron chi connectivity index (χ4n) is 1.91. The van der Waals surface area contributed by atoms with Crippen molar-refractivity contribution in [2.24, 2.45) is 0 Å². The predicted molar refractivity (Wildman–Crippen MR) is 73.1 cm³/mol. The van der Waals surface area contributed by atoms with Crippen LogP contribution in [-0.4, -0.2) is 17.3 Å². The van der Waals surface area contributed by atoms with Gasteiger partial charge in [0.25, 0.3) is 0 Å². The number of hydrogen-bond acceptors (Lipinski definition) is 3. The van der Waals surface area contributed by atoms with Crippen molar-refractivity contribution >= 4 is 0 Å². The molecule has 0 aliphatic rings. The summed E-state index contributed by atoms with van der Waals surface area (Å²) < 4.78 is 0. The standard InChI is InChI=1S/C15H22N2O/c1-4-15(3,7-8-18)17-11-14-6-5-13(10-16)9-12(14)2/h5-6,9,17-18H,4,7-8,11H2,1-3H3. The van der Waals surface area contributed by atoms with Crippen molar-refractivity contribution in [3.05, 3.63) is 34.9 Å². The van der Waals surface area contributed by atoms with E-state index in [0.717, 1.165) is 24.9 Å². The van der Waals surface area contributed by atoms with E-state index in [9.17, 15) is 0 Å². The molecule has 1 aromatic rings. The number of rotatable bonds is 6. The van der Waals surface area contributed by atoms with E-state index in [-0.39, 0.29) is 12.1 Å². The number of nitriles is 1. The summed E-state index contributed by atoms with van der Waals surface area (Å²) in [5, 5.41) is 21.4. The predicted octanol–water partition coefficient (Wildman–Crippen LogP) is 2.51. The minimum Gasteiger partial charge on any atom is -0.396 e. The van der Waals surface area contributed by atoms with Gasteiger partial charge in [-0.3, -0.25) is 0 Å². The SMILES string of the molecule is CCC(C)(CCO)NCc1ccc(C#N)cc1C. The van der Waals surface area contributed by atoms with Crippen LogP contribution in [0.15, 0.2) is 18.2 Å². The van der Waals surface area contributed by atoms with E-state index in [1.54, 1.807) is 0 Å². The van der Waals surface area contributed by atoms with Crippen LogP contribution in [0.4, 0.5) is 0 Å². The Balaban J connectivity index is 2.71. The molecule has 3 heteroatoms. The number of nitrogens with zero attached hydrogens (tertiary/aromatic N) is 1. The van der Waals surface area contributed by atoms with Crippen molar-refractivity contribution < 1.29 is 5.11 Å². The first-order chi connectivity index (χ1) is 8.54. The second kappa shape index (κ2) is 6.53. The van der Waals surface area contributed by atoms with Gasteiger partial charge in [0.1, 0.15) is 0 Å². The third-order valence-corrected chi connectivity index (χ3v) is 3.62. The largest absolute Gasteiger partial charge is 0.396 e. The molecule has 1 unspecified atom stereocenters. The molecule has 1 atom stereocenters. The van der Waals surface area contributed by atoms with Crippen LogP contribution in [0.25, 0.3) is 0 Å². The molecule has 0 saturated heterocycles. The first kappa shape index (κ1) is 14.7. The number of aryl methyl sites for hydroxylation is 1. The van der Waals surface area contributed by atoms with Crippen LogP contribution < -0.4 is 5.32 Å². The van der Waals surface area contributed by atoms with Crippen LogP contribution in [-0.2, 0) is 6.54 Å². The maximum absolute atomic E-state index is 9.08. The topological polar surface area (TPSA) is 56.0 Å². The maximum Gasteiger partial charge on any atom is 0.0991 e. The van der Waals surface area contributed by atoms with Gasteiger partial charge in [0.05, 0.1) is 11.6 Å². The van der Waals surface area contributed by atoms with Gasteiger partial charge in [-0.05, 0) is 49.9 Å². The highest BCUT2D eigenvalue weighted by atomic mass is 16.3. The Morgan fingerprint density at radius 1 is 1.44 bits per heavy atom. The summed E-state index contributed by atoms with van der Waals surface area (Å²) in [4.78, 5) is 0. The zero-order valence-electron chi connectivity index (χ0n) is 11.5. The quantitative estimate of drug-likeness (QED) is 0.811. The first-order valence-corrected chi connectivity index (χ1v) is 6.40. The van der Waals surface area contributed by atoms with Crippen LogP contribution in [0.5, 0.6) is 0 Å². The maximum atomic E-state index is 9.08. The molecule has 0 fully saturated rings. The number of benzene rings is 1. The van der Waals surface area contributed by atoms with Gasteiger partial charge in [-0.25, -0.2) is 0 Å². The molecule has 3 nitrogen and oxygen atoms in total. The zero-order valence-corrected chi connectivity index (χ0v) is 11.5.